The highest BCUT2D eigenvalue weighted by molar-refractivity contribution is 7.90. The van der Waals surface area contributed by atoms with Crippen molar-refractivity contribution in [3.63, 3.8) is 0 Å². The number of sulfone groups is 1. The number of ether oxygens (including phenoxy) is 1. The highest BCUT2D eigenvalue weighted by Gasteiger charge is 2.17. The third-order valence-electron chi connectivity index (χ3n) is 3.89. The van der Waals surface area contributed by atoms with Crippen LogP contribution in [0.5, 0.6) is 5.75 Å². The third-order valence-corrected chi connectivity index (χ3v) is 5.02. The van der Waals surface area contributed by atoms with E-state index in [0.717, 1.165) is 6.26 Å². The number of methoxy groups -OCH3 is 1. The van der Waals surface area contributed by atoms with Gasteiger partial charge in [-0.25, -0.2) is 17.6 Å². The maximum absolute atomic E-state index is 13.2. The van der Waals surface area contributed by atoms with Gasteiger partial charge < -0.3 is 4.74 Å². The van der Waals surface area contributed by atoms with E-state index in [4.69, 9.17) is 4.74 Å². The fourth-order valence-corrected chi connectivity index (χ4v) is 3.51. The molecule has 0 atom stereocenters. The molecule has 0 aliphatic rings. The molecular formula is C18H15FN2O5S. The second-order valence-corrected chi connectivity index (χ2v) is 7.76. The maximum Gasteiger partial charge on any atom is 0.333 e. The van der Waals surface area contributed by atoms with Crippen molar-refractivity contribution >= 4 is 9.84 Å². The number of hydrogen-bond donors (Lipinski definition) is 1. The van der Waals surface area contributed by atoms with Crippen molar-refractivity contribution in [1.29, 1.82) is 0 Å². The van der Waals surface area contributed by atoms with Gasteiger partial charge in [-0.2, -0.15) is 0 Å². The van der Waals surface area contributed by atoms with E-state index in [0.29, 0.717) is 5.56 Å². The zero-order valence-electron chi connectivity index (χ0n) is 14.4. The highest BCUT2D eigenvalue weighted by atomic mass is 32.2. The lowest BCUT2D eigenvalue weighted by atomic mass is 10.1. The predicted octanol–water partition coefficient (Wildman–Crippen LogP) is 1.74. The molecule has 0 aliphatic carbocycles. The van der Waals surface area contributed by atoms with Crippen LogP contribution in [0.25, 0.3) is 16.9 Å². The topological polar surface area (TPSA) is 98.2 Å². The van der Waals surface area contributed by atoms with Gasteiger partial charge in [-0.1, -0.05) is 0 Å². The summed E-state index contributed by atoms with van der Waals surface area (Å²) in [7, 11) is -2.23. The summed E-state index contributed by atoms with van der Waals surface area (Å²) in [5.41, 5.74) is -0.408. The first-order valence-corrected chi connectivity index (χ1v) is 9.60. The molecule has 0 aliphatic heterocycles. The molecule has 3 aromatic rings. The van der Waals surface area contributed by atoms with Crippen LogP contribution in [0.1, 0.15) is 0 Å². The van der Waals surface area contributed by atoms with Gasteiger partial charge in [0.25, 0.3) is 5.56 Å². The lowest BCUT2D eigenvalue weighted by Gasteiger charge is -2.14. The molecule has 140 valence electrons. The number of hydrogen-bond acceptors (Lipinski definition) is 5. The van der Waals surface area contributed by atoms with Crippen LogP contribution in [-0.4, -0.2) is 31.3 Å². The van der Waals surface area contributed by atoms with E-state index in [2.05, 4.69) is 4.98 Å². The molecule has 27 heavy (non-hydrogen) atoms. The predicted molar refractivity (Wildman–Crippen MR) is 97.7 cm³/mol. The van der Waals surface area contributed by atoms with Crippen molar-refractivity contribution in [2.45, 2.75) is 4.90 Å². The Morgan fingerprint density at radius 1 is 1.04 bits per heavy atom. The summed E-state index contributed by atoms with van der Waals surface area (Å²) in [6.07, 6.45) is 1.04. The van der Waals surface area contributed by atoms with Gasteiger partial charge in [-0.3, -0.25) is 14.3 Å². The summed E-state index contributed by atoms with van der Waals surface area (Å²) < 4.78 is 43.3. The average Bonchev–Trinajstić information content (AvgIpc) is 2.60. The van der Waals surface area contributed by atoms with Crippen LogP contribution in [0.2, 0.25) is 0 Å². The Morgan fingerprint density at radius 2 is 1.70 bits per heavy atom. The minimum absolute atomic E-state index is 0.0328. The molecule has 1 heterocycles. The number of rotatable bonds is 4. The summed E-state index contributed by atoms with van der Waals surface area (Å²) in [6, 6.07) is 10.6. The van der Waals surface area contributed by atoms with Gasteiger partial charge >= 0.3 is 5.69 Å². The lowest BCUT2D eigenvalue weighted by molar-refractivity contribution is 0.402. The van der Waals surface area contributed by atoms with Gasteiger partial charge in [0.2, 0.25) is 0 Å². The van der Waals surface area contributed by atoms with Crippen molar-refractivity contribution in [3.8, 4) is 22.7 Å². The van der Waals surface area contributed by atoms with Crippen LogP contribution in [0.4, 0.5) is 4.39 Å². The number of aromatic nitrogens is 2. The summed E-state index contributed by atoms with van der Waals surface area (Å²) in [4.78, 5) is 26.4. The first kappa shape index (κ1) is 18.6. The first-order chi connectivity index (χ1) is 12.7. The Kier molecular flexibility index (Phi) is 4.71. The number of nitrogens with zero attached hydrogens (tertiary/aromatic N) is 1. The van der Waals surface area contributed by atoms with Crippen molar-refractivity contribution < 1.29 is 17.5 Å². The SMILES string of the molecule is COc1cc(-n2c(-c3ccc(F)cc3)cc(=O)[nH]c2=O)ccc1S(C)(=O)=O. The molecule has 1 N–H and O–H groups in total. The molecule has 0 fully saturated rings. The van der Waals surface area contributed by atoms with Crippen LogP contribution in [0.3, 0.4) is 0 Å². The molecule has 0 unspecified atom stereocenters. The van der Waals surface area contributed by atoms with Gasteiger partial charge in [-0.15, -0.1) is 0 Å². The van der Waals surface area contributed by atoms with E-state index in [1.807, 2.05) is 0 Å². The van der Waals surface area contributed by atoms with Gasteiger partial charge in [0.15, 0.2) is 9.84 Å². The van der Waals surface area contributed by atoms with Crippen LogP contribution in [-0.2, 0) is 9.84 Å². The standard InChI is InChI=1S/C18H15FN2O5S/c1-26-15-9-13(7-8-16(15)27(2,24)25)21-14(10-17(22)20-18(21)23)11-3-5-12(19)6-4-11/h3-10H,1-2H3,(H,20,22,23). The van der Waals surface area contributed by atoms with Gasteiger partial charge in [-0.05, 0) is 42.0 Å². The Morgan fingerprint density at radius 3 is 2.30 bits per heavy atom. The number of aromatic amines is 1. The molecule has 3 rings (SSSR count). The zero-order chi connectivity index (χ0) is 19.8. The number of halogens is 1. The van der Waals surface area contributed by atoms with Crippen LogP contribution >= 0.6 is 0 Å². The molecule has 2 aromatic carbocycles. The summed E-state index contributed by atoms with van der Waals surface area (Å²) in [6.45, 7) is 0. The number of H-pyrrole nitrogens is 1. The van der Waals surface area contributed by atoms with Gasteiger partial charge in [0.05, 0.1) is 18.5 Å². The second-order valence-electron chi connectivity index (χ2n) is 5.77. The van der Waals surface area contributed by atoms with E-state index in [9.17, 15) is 22.4 Å². The fourth-order valence-electron chi connectivity index (χ4n) is 2.69. The Bertz CT molecular complexity index is 1230. The number of nitrogens with one attached hydrogen (secondary N) is 1. The average molecular weight is 390 g/mol. The lowest BCUT2D eigenvalue weighted by Crippen LogP contribution is -2.29. The molecule has 1 aromatic heterocycles. The van der Waals surface area contributed by atoms with Crippen molar-refractivity contribution in [2.75, 3.05) is 13.4 Å². The monoisotopic (exact) mass is 390 g/mol. The quantitative estimate of drug-likeness (QED) is 0.732. The molecule has 9 heteroatoms. The fraction of sp³-hybridized carbons (Fsp3) is 0.111. The smallest absolute Gasteiger partial charge is 0.333 e. The van der Waals surface area contributed by atoms with Gasteiger partial charge in [0, 0.05) is 18.4 Å². The van der Waals surface area contributed by atoms with Crippen LogP contribution < -0.4 is 16.0 Å². The van der Waals surface area contributed by atoms with E-state index >= 15 is 0 Å². The Hall–Kier alpha value is -3.20. The molecular weight excluding hydrogens is 375 g/mol. The molecule has 0 amide bonds. The highest BCUT2D eigenvalue weighted by Crippen LogP contribution is 2.28. The van der Waals surface area contributed by atoms with E-state index < -0.39 is 26.9 Å². The Labute approximate surface area is 153 Å². The molecule has 7 nitrogen and oxygen atoms in total. The van der Waals surface area contributed by atoms with E-state index in [1.54, 1.807) is 0 Å². The van der Waals surface area contributed by atoms with Crippen molar-refractivity contribution in [3.05, 3.63) is 75.2 Å². The molecule has 0 radical (unpaired) electrons. The van der Waals surface area contributed by atoms with Crippen molar-refractivity contribution in [2.24, 2.45) is 0 Å². The third kappa shape index (κ3) is 3.68. The minimum atomic E-state index is -3.54. The van der Waals surface area contributed by atoms with Crippen LogP contribution in [0.15, 0.2) is 63.0 Å². The summed E-state index contributed by atoms with van der Waals surface area (Å²) in [5.74, 6) is -0.408. The molecule has 0 bridgehead atoms. The Balaban J connectivity index is 2.31. The van der Waals surface area contributed by atoms with E-state index in [1.165, 1.54) is 60.2 Å². The molecule has 0 spiro atoms. The zero-order valence-corrected chi connectivity index (χ0v) is 15.2. The summed E-state index contributed by atoms with van der Waals surface area (Å²) >= 11 is 0. The minimum Gasteiger partial charge on any atom is -0.495 e. The van der Waals surface area contributed by atoms with Crippen molar-refractivity contribution in [1.82, 2.24) is 9.55 Å². The molecule has 0 saturated heterocycles. The summed E-state index contributed by atoms with van der Waals surface area (Å²) in [5, 5.41) is 0. The first-order valence-electron chi connectivity index (χ1n) is 7.71. The largest absolute Gasteiger partial charge is 0.495 e. The second kappa shape index (κ2) is 6.84. The van der Waals surface area contributed by atoms with Gasteiger partial charge in [0.1, 0.15) is 16.5 Å². The van der Waals surface area contributed by atoms with E-state index in [-0.39, 0.29) is 22.0 Å². The molecule has 0 saturated carbocycles. The maximum atomic E-state index is 13.2. The normalized spacial score (nSPS) is 11.4. The number of benzene rings is 2. The van der Waals surface area contributed by atoms with Crippen LogP contribution in [0, 0.1) is 5.82 Å².